The lowest BCUT2D eigenvalue weighted by molar-refractivity contribution is -0.382. The summed E-state index contributed by atoms with van der Waals surface area (Å²) in [5, 5.41) is 2.17. The van der Waals surface area contributed by atoms with Gasteiger partial charge in [0, 0.05) is 16.5 Å². The molecule has 1 heterocycles. The van der Waals surface area contributed by atoms with Crippen LogP contribution in [0.2, 0.25) is 0 Å². The Kier molecular flexibility index (Phi) is 7.69. The van der Waals surface area contributed by atoms with Crippen LogP contribution in [0.3, 0.4) is 0 Å². The van der Waals surface area contributed by atoms with E-state index in [1.807, 2.05) is 12.1 Å². The average molecular weight is 494 g/mol. The minimum Gasteiger partial charge on any atom is -0.743 e. The van der Waals surface area contributed by atoms with Gasteiger partial charge in [-0.3, -0.25) is 0 Å². The van der Waals surface area contributed by atoms with Gasteiger partial charge in [-0.25, -0.2) is 8.42 Å². The molecule has 0 bridgehead atoms. The van der Waals surface area contributed by atoms with Crippen LogP contribution >= 0.6 is 0 Å². The van der Waals surface area contributed by atoms with Crippen LogP contribution < -0.4 is 0 Å². The second-order valence-corrected chi connectivity index (χ2v) is 9.84. The molecule has 0 amide bonds. The van der Waals surface area contributed by atoms with E-state index in [0.717, 1.165) is 0 Å². The Bertz CT molecular complexity index is 848. The van der Waals surface area contributed by atoms with E-state index in [2.05, 4.69) is 13.0 Å². The van der Waals surface area contributed by atoms with Gasteiger partial charge in [0.1, 0.15) is 17.3 Å². The van der Waals surface area contributed by atoms with E-state index in [9.17, 15) is 57.6 Å². The van der Waals surface area contributed by atoms with E-state index in [0.29, 0.717) is 16.6 Å². The van der Waals surface area contributed by atoms with Gasteiger partial charge in [0.2, 0.25) is 0 Å². The quantitative estimate of drug-likeness (QED) is 0.382. The smallest absolute Gasteiger partial charge is 0.460 e. The summed E-state index contributed by atoms with van der Waals surface area (Å²) in [6, 6.07) is 5.79. The first kappa shape index (κ1) is 26.7. The molecular formula is C15H15F9O4S2. The van der Waals surface area contributed by atoms with E-state index >= 15 is 0 Å². The molecule has 1 aliphatic rings. The molecule has 2 rings (SSSR count). The molecule has 15 heteroatoms. The number of alkyl halides is 9. The maximum atomic E-state index is 12.2. The van der Waals surface area contributed by atoms with Crippen molar-refractivity contribution in [2.24, 2.45) is 0 Å². The van der Waals surface area contributed by atoms with Crippen molar-refractivity contribution in [3.05, 3.63) is 23.8 Å². The lowest BCUT2D eigenvalue weighted by Gasteiger charge is -2.34. The molecule has 1 aromatic rings. The third-order valence-electron chi connectivity index (χ3n) is 3.93. The van der Waals surface area contributed by atoms with Gasteiger partial charge in [0.15, 0.2) is 15.0 Å². The predicted octanol–water partition coefficient (Wildman–Crippen LogP) is 4.43. The second kappa shape index (κ2) is 8.65. The van der Waals surface area contributed by atoms with Crippen molar-refractivity contribution in [2.45, 2.75) is 47.9 Å². The number of benzene rings is 1. The first-order chi connectivity index (χ1) is 13.3. The highest BCUT2D eigenvalue weighted by Crippen LogP contribution is 2.54. The Morgan fingerprint density at radius 1 is 0.933 bits per heavy atom. The molecule has 1 aliphatic heterocycles. The number of halogens is 9. The lowest BCUT2D eigenvalue weighted by Crippen LogP contribution is -2.63. The SMILES string of the molecule is Cc1cc(O)ccc1[S+]1CCCC1.O=S(=O)([O-])C(F)(F)C(F)(F)C(F)(F)C(F)(F)F. The van der Waals surface area contributed by atoms with Crippen LogP contribution in [0.4, 0.5) is 39.5 Å². The van der Waals surface area contributed by atoms with Gasteiger partial charge in [-0.2, -0.15) is 39.5 Å². The minimum absolute atomic E-state index is 0.393. The predicted molar refractivity (Wildman–Crippen MR) is 88.0 cm³/mol. The van der Waals surface area contributed by atoms with Gasteiger partial charge in [-0.15, -0.1) is 0 Å². The van der Waals surface area contributed by atoms with Crippen LogP contribution in [-0.2, 0) is 21.0 Å². The molecule has 1 saturated heterocycles. The Balaban J connectivity index is 0.000000308. The fraction of sp³-hybridized carbons (Fsp3) is 0.600. The summed E-state index contributed by atoms with van der Waals surface area (Å²) in [6.07, 6.45) is -4.41. The van der Waals surface area contributed by atoms with Gasteiger partial charge in [0.05, 0.1) is 0 Å². The number of phenols is 1. The van der Waals surface area contributed by atoms with E-state index in [4.69, 9.17) is 0 Å². The first-order valence-corrected chi connectivity index (χ1v) is 10.9. The van der Waals surface area contributed by atoms with Crippen LogP contribution in [0.25, 0.3) is 0 Å². The van der Waals surface area contributed by atoms with Crippen LogP contribution in [0.5, 0.6) is 5.75 Å². The minimum atomic E-state index is -7.43. The van der Waals surface area contributed by atoms with Crippen molar-refractivity contribution >= 4 is 21.0 Å². The summed E-state index contributed by atoms with van der Waals surface area (Å²) in [6.45, 7) is 2.10. The zero-order chi connectivity index (χ0) is 23.8. The normalized spacial score (nSPS) is 16.9. The zero-order valence-corrected chi connectivity index (χ0v) is 16.6. The number of aromatic hydroxyl groups is 1. The summed E-state index contributed by atoms with van der Waals surface area (Å²) >= 11 is 0. The molecule has 0 saturated carbocycles. The lowest BCUT2D eigenvalue weighted by atomic mass is 10.1. The van der Waals surface area contributed by atoms with Crippen LogP contribution in [0.15, 0.2) is 23.1 Å². The van der Waals surface area contributed by atoms with Crippen molar-refractivity contribution < 1.29 is 57.6 Å². The number of rotatable bonds is 4. The zero-order valence-electron chi connectivity index (χ0n) is 15.0. The van der Waals surface area contributed by atoms with Crippen molar-refractivity contribution in [3.8, 4) is 5.75 Å². The highest BCUT2D eigenvalue weighted by molar-refractivity contribution is 7.97. The Morgan fingerprint density at radius 2 is 1.40 bits per heavy atom. The number of hydrogen-bond acceptors (Lipinski definition) is 4. The topological polar surface area (TPSA) is 77.4 Å². The molecule has 0 radical (unpaired) electrons. The number of aryl methyl sites for hydroxylation is 1. The Labute approximate surface area is 168 Å². The molecule has 0 aliphatic carbocycles. The van der Waals surface area contributed by atoms with Gasteiger partial charge in [0.25, 0.3) is 0 Å². The molecule has 30 heavy (non-hydrogen) atoms. The van der Waals surface area contributed by atoms with Gasteiger partial charge in [-0.05, 0) is 38.0 Å². The number of hydrogen-bond donors (Lipinski definition) is 1. The monoisotopic (exact) mass is 494 g/mol. The largest absolute Gasteiger partial charge is 0.743 e. The Morgan fingerprint density at radius 3 is 1.77 bits per heavy atom. The molecule has 4 nitrogen and oxygen atoms in total. The highest BCUT2D eigenvalue weighted by Gasteiger charge is 2.83. The van der Waals surface area contributed by atoms with E-state index in [1.165, 1.54) is 34.8 Å². The summed E-state index contributed by atoms with van der Waals surface area (Å²) < 4.78 is 135. The Hall–Kier alpha value is -1.35. The fourth-order valence-corrected chi connectivity index (χ4v) is 5.32. The third kappa shape index (κ3) is 5.10. The summed E-state index contributed by atoms with van der Waals surface area (Å²) in [5.41, 5.74) is 1.25. The molecule has 0 spiro atoms. The standard InChI is InChI=1S/C11H14OS.C4HF9O3S/c1-9-8-10(12)4-5-11(9)13-6-2-3-7-13;5-1(6,3(9,10)11)2(7,8)4(12,13)17(14,15)16/h4-5,8H,2-3,6-7H2,1H3;(H,14,15,16). The molecule has 174 valence electrons. The summed E-state index contributed by atoms with van der Waals surface area (Å²) in [7, 11) is -6.94. The molecular weight excluding hydrogens is 479 g/mol. The van der Waals surface area contributed by atoms with Crippen molar-refractivity contribution in [1.29, 1.82) is 0 Å². The van der Waals surface area contributed by atoms with Crippen LogP contribution in [0, 0.1) is 6.92 Å². The van der Waals surface area contributed by atoms with Gasteiger partial charge >= 0.3 is 23.3 Å². The van der Waals surface area contributed by atoms with E-state index in [-0.39, 0.29) is 0 Å². The maximum Gasteiger partial charge on any atom is 0.460 e. The third-order valence-corrected chi connectivity index (χ3v) is 7.46. The van der Waals surface area contributed by atoms with Crippen molar-refractivity contribution in [2.75, 3.05) is 11.5 Å². The van der Waals surface area contributed by atoms with E-state index < -0.39 is 33.4 Å². The molecule has 1 fully saturated rings. The summed E-state index contributed by atoms with van der Waals surface area (Å²) in [4.78, 5) is 1.47. The fourth-order valence-electron chi connectivity index (χ4n) is 2.35. The van der Waals surface area contributed by atoms with Crippen LogP contribution in [-0.4, -0.2) is 52.9 Å². The molecule has 1 aromatic carbocycles. The van der Waals surface area contributed by atoms with Crippen molar-refractivity contribution in [1.82, 2.24) is 0 Å². The molecule has 0 unspecified atom stereocenters. The average Bonchev–Trinajstić information content (AvgIpc) is 3.07. The highest BCUT2D eigenvalue weighted by atomic mass is 32.2. The second-order valence-electron chi connectivity index (χ2n) is 6.18. The number of phenolic OH excluding ortho intramolecular Hbond substituents is 1. The first-order valence-electron chi connectivity index (χ1n) is 7.90. The van der Waals surface area contributed by atoms with Crippen LogP contribution in [0.1, 0.15) is 18.4 Å². The van der Waals surface area contributed by atoms with Gasteiger partial charge in [-0.1, -0.05) is 0 Å². The van der Waals surface area contributed by atoms with E-state index in [1.54, 1.807) is 0 Å². The maximum absolute atomic E-state index is 12.2. The molecule has 0 aromatic heterocycles. The molecule has 0 atom stereocenters. The summed E-state index contributed by atoms with van der Waals surface area (Å²) in [5.74, 6) is -11.7. The van der Waals surface area contributed by atoms with Gasteiger partial charge < -0.3 is 9.66 Å². The molecule has 1 N–H and O–H groups in total. The van der Waals surface area contributed by atoms with Crippen molar-refractivity contribution in [3.63, 3.8) is 0 Å².